The summed E-state index contributed by atoms with van der Waals surface area (Å²) in [6, 6.07) is 13.5. The van der Waals surface area contributed by atoms with Gasteiger partial charge in [-0.2, -0.15) is 5.26 Å². The van der Waals surface area contributed by atoms with E-state index in [4.69, 9.17) is 0 Å². The molecular formula is C34H49N7O3S. The van der Waals surface area contributed by atoms with Gasteiger partial charge in [0.25, 0.3) is 11.8 Å². The molecule has 11 heteroatoms. The smallest absolute Gasteiger partial charge is 0.256 e. The Balaban J connectivity index is 0.00000345. The van der Waals surface area contributed by atoms with Crippen LogP contribution in [-0.2, 0) is 9.59 Å². The van der Waals surface area contributed by atoms with E-state index in [1.165, 1.54) is 16.7 Å². The third kappa shape index (κ3) is 11.2. The van der Waals surface area contributed by atoms with Gasteiger partial charge < -0.3 is 20.4 Å². The van der Waals surface area contributed by atoms with Gasteiger partial charge in [-0.05, 0) is 54.5 Å². The first-order valence-electron chi connectivity index (χ1n) is 15.7. The van der Waals surface area contributed by atoms with Crippen molar-refractivity contribution in [1.82, 2.24) is 25.6 Å². The molecule has 0 radical (unpaired) electrons. The summed E-state index contributed by atoms with van der Waals surface area (Å²) in [4.78, 5) is 41.9. The molecule has 1 aliphatic rings. The predicted molar refractivity (Wildman–Crippen MR) is 185 cm³/mol. The second kappa shape index (κ2) is 19.5. The second-order valence-electron chi connectivity index (χ2n) is 10.4. The first-order valence-corrected chi connectivity index (χ1v) is 16.7. The molecule has 1 aliphatic heterocycles. The molecule has 0 bridgehead atoms. The van der Waals surface area contributed by atoms with E-state index < -0.39 is 0 Å². The van der Waals surface area contributed by atoms with Gasteiger partial charge in [0.2, 0.25) is 5.91 Å². The number of nitrogens with one attached hydrogen (secondary N) is 3. The van der Waals surface area contributed by atoms with Gasteiger partial charge in [0.1, 0.15) is 0 Å². The number of hydrogen-bond donors (Lipinski definition) is 3. The van der Waals surface area contributed by atoms with E-state index in [1.54, 1.807) is 25.3 Å². The van der Waals surface area contributed by atoms with Crippen molar-refractivity contribution in [2.45, 2.75) is 53.9 Å². The van der Waals surface area contributed by atoms with Crippen LogP contribution in [0.15, 0.2) is 58.8 Å². The van der Waals surface area contributed by atoms with Crippen LogP contribution in [0.1, 0.15) is 64.2 Å². The number of anilines is 1. The molecule has 244 valence electrons. The molecule has 1 fully saturated rings. The summed E-state index contributed by atoms with van der Waals surface area (Å²) in [5.41, 5.74) is 4.93. The van der Waals surface area contributed by atoms with Gasteiger partial charge in [0, 0.05) is 62.5 Å². The minimum atomic E-state index is -0.303. The lowest BCUT2D eigenvalue weighted by Crippen LogP contribution is -2.39. The molecule has 0 atom stereocenters. The van der Waals surface area contributed by atoms with Gasteiger partial charge in [-0.25, -0.2) is 5.01 Å². The molecule has 0 aromatic heterocycles. The van der Waals surface area contributed by atoms with E-state index in [0.717, 1.165) is 48.9 Å². The number of nitrogens with zero attached hydrogens (tertiary/aromatic N) is 4. The number of carbonyl (C=O) groups is 3. The molecule has 0 aliphatic carbocycles. The molecule has 0 spiro atoms. The number of hydrazine groups is 1. The number of hydrogen-bond acceptors (Lipinski definition) is 8. The molecule has 1 saturated heterocycles. The van der Waals surface area contributed by atoms with E-state index >= 15 is 0 Å². The second-order valence-corrected chi connectivity index (χ2v) is 11.4. The van der Waals surface area contributed by atoms with Crippen molar-refractivity contribution >= 4 is 45.9 Å². The largest absolute Gasteiger partial charge is 0.361 e. The number of carbonyl (C=O) groups excluding carboxylic acids is 3. The minimum absolute atomic E-state index is 0.0836. The topological polar surface area (TPSA) is 121 Å². The third-order valence-corrected chi connectivity index (χ3v) is 8.52. The molecule has 1 heterocycles. The lowest BCUT2D eigenvalue weighted by molar-refractivity contribution is -0.125. The lowest BCUT2D eigenvalue weighted by atomic mass is 10.1. The normalized spacial score (nSPS) is 15.1. The zero-order chi connectivity index (χ0) is 33.4. The van der Waals surface area contributed by atoms with Gasteiger partial charge in [-0.15, -0.1) is 11.8 Å². The Labute approximate surface area is 272 Å². The predicted octanol–water partition coefficient (Wildman–Crippen LogP) is 5.33. The highest BCUT2D eigenvalue weighted by Crippen LogP contribution is 2.33. The van der Waals surface area contributed by atoms with Crippen LogP contribution < -0.4 is 16.1 Å². The fourth-order valence-corrected chi connectivity index (χ4v) is 5.61. The maximum atomic E-state index is 13.1. The zero-order valence-electron chi connectivity index (χ0n) is 27.8. The van der Waals surface area contributed by atoms with Crippen LogP contribution in [0.5, 0.6) is 0 Å². The Kier molecular flexibility index (Phi) is 16.2. The number of nitriles is 1. The maximum Gasteiger partial charge on any atom is 0.256 e. The number of amides is 3. The molecule has 0 unspecified atom stereocenters. The van der Waals surface area contributed by atoms with Crippen molar-refractivity contribution in [3.63, 3.8) is 0 Å². The summed E-state index contributed by atoms with van der Waals surface area (Å²) >= 11 is 1.36. The van der Waals surface area contributed by atoms with Gasteiger partial charge >= 0.3 is 0 Å². The summed E-state index contributed by atoms with van der Waals surface area (Å²) in [6.07, 6.45) is 3.90. The number of likely N-dealkylation sites (N-methyl/N-ethyl adjacent to an activating group) is 2. The quantitative estimate of drug-likeness (QED) is 0.145. The van der Waals surface area contributed by atoms with Crippen LogP contribution >= 0.6 is 11.8 Å². The maximum absolute atomic E-state index is 13.1. The standard InChI is InChI=1S/C32H43N7O3S.C2H6/c1-6-9-15-39(8-3)16-14-34-30(41)25-11-10-24-18-28(13-12-23(24)17-25)35-21-27-22-43-32(38(5)31(27)42)26(20-33)19-29(40)36-37(4)7-2;1-2/h10-13,17-18,21,35H,6-9,14-16,19,22H2,1-5H3,(H,34,41)(H,36,40);1-2H3/b27-21?,32-26+;. The fraction of sp³-hybridized carbons (Fsp3) is 0.471. The van der Waals surface area contributed by atoms with Crippen molar-refractivity contribution in [3.05, 3.63) is 64.3 Å². The molecule has 3 N–H and O–H groups in total. The van der Waals surface area contributed by atoms with Crippen LogP contribution in [-0.4, -0.2) is 85.1 Å². The zero-order valence-corrected chi connectivity index (χ0v) is 28.6. The van der Waals surface area contributed by atoms with E-state index in [0.29, 0.717) is 35.0 Å². The monoisotopic (exact) mass is 635 g/mol. The van der Waals surface area contributed by atoms with Crippen molar-refractivity contribution < 1.29 is 14.4 Å². The molecule has 2 aromatic carbocycles. The Morgan fingerprint density at radius 2 is 1.78 bits per heavy atom. The third-order valence-electron chi connectivity index (χ3n) is 7.27. The van der Waals surface area contributed by atoms with Crippen molar-refractivity contribution in [3.8, 4) is 6.07 Å². The SMILES string of the molecule is CC.CCCCN(CC)CCNC(=O)c1ccc2cc(NC=C3CS/C(=C(/C#N)CC(=O)NN(C)CC)N(C)C3=O)ccc2c1. The van der Waals surface area contributed by atoms with Crippen molar-refractivity contribution in [1.29, 1.82) is 5.26 Å². The Morgan fingerprint density at radius 1 is 1.07 bits per heavy atom. The van der Waals surface area contributed by atoms with Crippen LogP contribution in [0.25, 0.3) is 10.8 Å². The molecular weight excluding hydrogens is 586 g/mol. The van der Waals surface area contributed by atoms with Crippen molar-refractivity contribution in [2.75, 3.05) is 57.9 Å². The van der Waals surface area contributed by atoms with E-state index in [9.17, 15) is 19.6 Å². The van der Waals surface area contributed by atoms with Crippen LogP contribution in [0.2, 0.25) is 0 Å². The van der Waals surface area contributed by atoms with E-state index in [2.05, 4.69) is 40.9 Å². The Morgan fingerprint density at radius 3 is 2.44 bits per heavy atom. The van der Waals surface area contributed by atoms with Crippen LogP contribution in [0.4, 0.5) is 5.69 Å². The van der Waals surface area contributed by atoms with Crippen LogP contribution in [0.3, 0.4) is 0 Å². The average Bonchev–Trinajstić information content (AvgIpc) is 3.06. The average molecular weight is 636 g/mol. The number of thioether (sulfide) groups is 1. The molecule has 3 amide bonds. The highest BCUT2D eigenvalue weighted by atomic mass is 32.2. The first kappa shape index (κ1) is 37.3. The van der Waals surface area contributed by atoms with Crippen LogP contribution in [0, 0.1) is 11.3 Å². The molecule has 2 aromatic rings. The summed E-state index contributed by atoms with van der Waals surface area (Å²) in [7, 11) is 3.36. The summed E-state index contributed by atoms with van der Waals surface area (Å²) in [5, 5.41) is 19.9. The number of unbranched alkanes of at least 4 members (excludes halogenated alkanes) is 1. The van der Waals surface area contributed by atoms with Gasteiger partial charge in [-0.1, -0.05) is 53.2 Å². The van der Waals surface area contributed by atoms with E-state index in [1.807, 2.05) is 57.2 Å². The molecule has 3 rings (SSSR count). The first-order chi connectivity index (χ1) is 21.7. The Hall–Kier alpha value is -3.85. The highest BCUT2D eigenvalue weighted by Gasteiger charge is 2.28. The Bertz CT molecular complexity index is 1420. The summed E-state index contributed by atoms with van der Waals surface area (Å²) in [5.74, 6) is -0.250. The number of benzene rings is 2. The summed E-state index contributed by atoms with van der Waals surface area (Å²) in [6.45, 7) is 14.3. The molecule has 10 nitrogen and oxygen atoms in total. The molecule has 45 heavy (non-hydrogen) atoms. The summed E-state index contributed by atoms with van der Waals surface area (Å²) < 4.78 is 0. The van der Waals surface area contributed by atoms with Gasteiger partial charge in [0.05, 0.1) is 23.1 Å². The van der Waals surface area contributed by atoms with E-state index in [-0.39, 0.29) is 29.7 Å². The highest BCUT2D eigenvalue weighted by molar-refractivity contribution is 8.03. The van der Waals surface area contributed by atoms with Gasteiger partial charge in [-0.3, -0.25) is 19.8 Å². The van der Waals surface area contributed by atoms with Crippen molar-refractivity contribution in [2.24, 2.45) is 0 Å². The number of fused-ring (bicyclic) bond motifs is 1. The molecule has 0 saturated carbocycles. The number of rotatable bonds is 14. The fourth-order valence-electron chi connectivity index (χ4n) is 4.55. The lowest BCUT2D eigenvalue weighted by Gasteiger charge is -2.28. The van der Waals surface area contributed by atoms with Gasteiger partial charge in [0.15, 0.2) is 0 Å². The minimum Gasteiger partial charge on any atom is -0.361 e.